The van der Waals surface area contributed by atoms with Gasteiger partial charge in [0.2, 0.25) is 5.91 Å². The van der Waals surface area contributed by atoms with E-state index in [2.05, 4.69) is 5.32 Å². The van der Waals surface area contributed by atoms with Crippen LogP contribution >= 0.6 is 0 Å². The summed E-state index contributed by atoms with van der Waals surface area (Å²) in [6.45, 7) is 1.74. The molecule has 1 aromatic carbocycles. The number of carbonyl (C=O) groups is 1. The minimum atomic E-state index is -0.617. The lowest BCUT2D eigenvalue weighted by atomic mass is 10.2. The largest absolute Gasteiger partial charge is 0.353 e. The molecule has 0 unspecified atom stereocenters. The summed E-state index contributed by atoms with van der Waals surface area (Å²) in [6, 6.07) is 3.24. The lowest BCUT2D eigenvalue weighted by molar-refractivity contribution is -0.118. The van der Waals surface area contributed by atoms with Crippen LogP contribution in [0.25, 0.3) is 6.08 Å². The topological polar surface area (TPSA) is 29.1 Å². The fourth-order valence-electron chi connectivity index (χ4n) is 1.07. The van der Waals surface area contributed by atoms with Crippen LogP contribution in [0.15, 0.2) is 24.3 Å². The molecule has 15 heavy (non-hydrogen) atoms. The fourth-order valence-corrected chi connectivity index (χ4v) is 1.07. The molecule has 1 aromatic rings. The number of hydrogen-bond acceptors (Lipinski definition) is 1. The van der Waals surface area contributed by atoms with Gasteiger partial charge in [0.25, 0.3) is 0 Å². The Hall–Kier alpha value is -1.71. The number of rotatable bonds is 3. The van der Waals surface area contributed by atoms with Crippen LogP contribution in [0.3, 0.4) is 0 Å². The van der Waals surface area contributed by atoms with Crippen molar-refractivity contribution >= 4 is 12.0 Å². The first-order chi connectivity index (χ1) is 7.08. The predicted octanol–water partition coefficient (Wildman–Crippen LogP) is 2.11. The summed E-state index contributed by atoms with van der Waals surface area (Å²) in [5, 5.41) is 2.53. The lowest BCUT2D eigenvalue weighted by Crippen LogP contribution is -2.19. The van der Waals surface area contributed by atoms with Crippen molar-refractivity contribution in [1.82, 2.24) is 5.32 Å². The standard InChI is InChI=1S/C11H11F2NO/c1-8(15)14-4-2-3-9-5-10(12)7-11(13)6-9/h2-3,5-7H,4H2,1H3,(H,14,15). The summed E-state index contributed by atoms with van der Waals surface area (Å²) in [6.07, 6.45) is 3.16. The maximum Gasteiger partial charge on any atom is 0.217 e. The number of hydrogen-bond donors (Lipinski definition) is 1. The molecule has 2 nitrogen and oxygen atoms in total. The number of nitrogens with one attached hydrogen (secondary N) is 1. The molecule has 0 aliphatic carbocycles. The number of carbonyl (C=O) groups excluding carboxylic acids is 1. The first-order valence-corrected chi connectivity index (χ1v) is 4.45. The Bertz CT molecular complexity index is 368. The molecule has 1 N–H and O–H groups in total. The van der Waals surface area contributed by atoms with Crippen LogP contribution in [0.5, 0.6) is 0 Å². The molecule has 0 heterocycles. The molecule has 0 saturated heterocycles. The van der Waals surface area contributed by atoms with Crippen LogP contribution in [-0.2, 0) is 4.79 Å². The Balaban J connectivity index is 2.60. The Morgan fingerprint density at radius 3 is 2.47 bits per heavy atom. The molecule has 0 bridgehead atoms. The Labute approximate surface area is 86.6 Å². The van der Waals surface area contributed by atoms with Gasteiger partial charge in [0.15, 0.2) is 0 Å². The lowest BCUT2D eigenvalue weighted by Gasteiger charge is -1.96. The van der Waals surface area contributed by atoms with E-state index in [1.807, 2.05) is 0 Å². The van der Waals surface area contributed by atoms with E-state index in [9.17, 15) is 13.6 Å². The summed E-state index contributed by atoms with van der Waals surface area (Å²) in [7, 11) is 0. The molecule has 0 aliphatic rings. The highest BCUT2D eigenvalue weighted by Crippen LogP contribution is 2.08. The molecule has 0 fully saturated rings. The van der Waals surface area contributed by atoms with Gasteiger partial charge in [-0.25, -0.2) is 8.78 Å². The Morgan fingerprint density at radius 1 is 1.33 bits per heavy atom. The zero-order valence-corrected chi connectivity index (χ0v) is 8.26. The zero-order valence-electron chi connectivity index (χ0n) is 8.26. The van der Waals surface area contributed by atoms with Crippen LogP contribution < -0.4 is 5.32 Å². The molecule has 0 aromatic heterocycles. The average molecular weight is 211 g/mol. The average Bonchev–Trinajstić information content (AvgIpc) is 2.10. The molecule has 4 heteroatoms. The van der Waals surface area contributed by atoms with Crippen molar-refractivity contribution in [2.45, 2.75) is 6.92 Å². The number of benzene rings is 1. The van der Waals surface area contributed by atoms with E-state index >= 15 is 0 Å². The van der Waals surface area contributed by atoms with E-state index in [-0.39, 0.29) is 5.91 Å². The maximum absolute atomic E-state index is 12.7. The summed E-state index contributed by atoms with van der Waals surface area (Å²) >= 11 is 0. The minimum absolute atomic E-state index is 0.148. The van der Waals surface area contributed by atoms with Crippen molar-refractivity contribution in [2.24, 2.45) is 0 Å². The maximum atomic E-state index is 12.7. The van der Waals surface area contributed by atoms with Crippen molar-refractivity contribution in [3.05, 3.63) is 41.5 Å². The minimum Gasteiger partial charge on any atom is -0.353 e. The Kier molecular flexibility index (Phi) is 3.97. The van der Waals surface area contributed by atoms with Crippen molar-refractivity contribution in [3.63, 3.8) is 0 Å². The molecule has 0 saturated carbocycles. The highest BCUT2D eigenvalue weighted by atomic mass is 19.1. The van der Waals surface area contributed by atoms with Gasteiger partial charge < -0.3 is 5.32 Å². The molecule has 1 amide bonds. The van der Waals surface area contributed by atoms with E-state index in [0.29, 0.717) is 12.1 Å². The quantitative estimate of drug-likeness (QED) is 0.815. The normalized spacial score (nSPS) is 10.6. The van der Waals surface area contributed by atoms with Crippen LogP contribution in [0.2, 0.25) is 0 Å². The van der Waals surface area contributed by atoms with E-state index in [1.54, 1.807) is 12.2 Å². The van der Waals surface area contributed by atoms with E-state index < -0.39 is 11.6 Å². The van der Waals surface area contributed by atoms with Crippen molar-refractivity contribution in [3.8, 4) is 0 Å². The van der Waals surface area contributed by atoms with Gasteiger partial charge in [-0.2, -0.15) is 0 Å². The highest BCUT2D eigenvalue weighted by molar-refractivity contribution is 5.73. The molecule has 0 spiro atoms. The van der Waals surface area contributed by atoms with Gasteiger partial charge in [0.1, 0.15) is 11.6 Å². The van der Waals surface area contributed by atoms with Crippen molar-refractivity contribution in [1.29, 1.82) is 0 Å². The molecule has 0 atom stereocenters. The fraction of sp³-hybridized carbons (Fsp3) is 0.182. The molecular weight excluding hydrogens is 200 g/mol. The van der Waals surface area contributed by atoms with Gasteiger partial charge in [-0.1, -0.05) is 12.2 Å². The van der Waals surface area contributed by atoms with Gasteiger partial charge in [-0.05, 0) is 17.7 Å². The first kappa shape index (κ1) is 11.4. The van der Waals surface area contributed by atoms with Gasteiger partial charge in [-0.3, -0.25) is 4.79 Å². The highest BCUT2D eigenvalue weighted by Gasteiger charge is 1.96. The van der Waals surface area contributed by atoms with Crippen molar-refractivity contribution < 1.29 is 13.6 Å². The van der Waals surface area contributed by atoms with Crippen LogP contribution in [0.1, 0.15) is 12.5 Å². The predicted molar refractivity (Wildman–Crippen MR) is 54.1 cm³/mol. The molecule has 0 radical (unpaired) electrons. The van der Waals surface area contributed by atoms with Gasteiger partial charge in [0.05, 0.1) is 0 Å². The third-order valence-corrected chi connectivity index (χ3v) is 1.66. The van der Waals surface area contributed by atoms with Gasteiger partial charge in [0, 0.05) is 19.5 Å². The summed E-state index contributed by atoms with van der Waals surface area (Å²) < 4.78 is 25.4. The van der Waals surface area contributed by atoms with E-state index in [0.717, 1.165) is 6.07 Å². The van der Waals surface area contributed by atoms with E-state index in [1.165, 1.54) is 19.1 Å². The van der Waals surface area contributed by atoms with Crippen LogP contribution in [0.4, 0.5) is 8.78 Å². The summed E-state index contributed by atoms with van der Waals surface area (Å²) in [5.74, 6) is -1.38. The smallest absolute Gasteiger partial charge is 0.217 e. The molecule has 0 aliphatic heterocycles. The molecule has 80 valence electrons. The van der Waals surface area contributed by atoms with E-state index in [4.69, 9.17) is 0 Å². The number of halogens is 2. The monoisotopic (exact) mass is 211 g/mol. The second kappa shape index (κ2) is 5.24. The van der Waals surface area contributed by atoms with Gasteiger partial charge in [-0.15, -0.1) is 0 Å². The summed E-state index contributed by atoms with van der Waals surface area (Å²) in [5.41, 5.74) is 0.429. The summed E-state index contributed by atoms with van der Waals surface area (Å²) in [4.78, 5) is 10.5. The van der Waals surface area contributed by atoms with Crippen LogP contribution in [0, 0.1) is 11.6 Å². The third kappa shape index (κ3) is 4.35. The van der Waals surface area contributed by atoms with Gasteiger partial charge >= 0.3 is 0 Å². The zero-order chi connectivity index (χ0) is 11.3. The van der Waals surface area contributed by atoms with Crippen LogP contribution in [-0.4, -0.2) is 12.5 Å². The molecular formula is C11H11F2NO. The first-order valence-electron chi connectivity index (χ1n) is 4.45. The third-order valence-electron chi connectivity index (χ3n) is 1.66. The second-order valence-corrected chi connectivity index (χ2v) is 3.04. The second-order valence-electron chi connectivity index (χ2n) is 3.04. The van der Waals surface area contributed by atoms with Crippen molar-refractivity contribution in [2.75, 3.05) is 6.54 Å². The molecule has 1 rings (SSSR count). The number of amides is 1. The Morgan fingerprint density at radius 2 is 1.93 bits per heavy atom. The SMILES string of the molecule is CC(=O)NCC=Cc1cc(F)cc(F)c1.